The second-order valence-corrected chi connectivity index (χ2v) is 3.24. The molecule has 0 aromatic carbocycles. The molecule has 0 aliphatic heterocycles. The molecule has 0 saturated carbocycles. The maximum Gasteiger partial charge on any atom is 0.0456 e. The molecule has 0 bridgehead atoms. The van der Waals surface area contributed by atoms with Crippen LogP contribution in [0.3, 0.4) is 0 Å². The lowest BCUT2D eigenvalue weighted by atomic mass is 9.93. The van der Waals surface area contributed by atoms with Crippen LogP contribution < -0.4 is 5.73 Å². The summed E-state index contributed by atoms with van der Waals surface area (Å²) in [7, 11) is 0. The highest BCUT2D eigenvalue weighted by Crippen LogP contribution is 2.19. The van der Waals surface area contributed by atoms with E-state index in [-0.39, 0.29) is 5.41 Å². The van der Waals surface area contributed by atoms with Gasteiger partial charge >= 0.3 is 0 Å². The van der Waals surface area contributed by atoms with Crippen molar-refractivity contribution in [1.29, 1.82) is 0 Å². The minimum atomic E-state index is 0.0342. The molecule has 0 atom stereocenters. The van der Waals surface area contributed by atoms with Gasteiger partial charge in [-0.2, -0.15) is 0 Å². The van der Waals surface area contributed by atoms with Crippen molar-refractivity contribution in [3.8, 4) is 0 Å². The van der Waals surface area contributed by atoms with Crippen LogP contribution in [0.5, 0.6) is 0 Å². The first-order valence-electron chi connectivity index (χ1n) is 3.42. The van der Waals surface area contributed by atoms with E-state index in [2.05, 4.69) is 25.8 Å². The molecule has 0 aromatic rings. The fourth-order valence-corrected chi connectivity index (χ4v) is 0.348. The molecule has 0 saturated heterocycles. The average molecular weight is 140 g/mol. The second-order valence-electron chi connectivity index (χ2n) is 3.24. The Morgan fingerprint density at radius 2 is 1.90 bits per heavy atom. The molecule has 0 aromatic heterocycles. The Bertz CT molecular complexity index is 149. The number of hydrogen-bond acceptors (Lipinski definition) is 2. The van der Waals surface area contributed by atoms with Gasteiger partial charge in [-0.05, 0) is 6.92 Å². The summed E-state index contributed by atoms with van der Waals surface area (Å²) in [6.45, 7) is 8.05. The lowest BCUT2D eigenvalue weighted by molar-refractivity contribution is 0.496. The summed E-state index contributed by atoms with van der Waals surface area (Å²) >= 11 is 0. The van der Waals surface area contributed by atoms with Gasteiger partial charge in [-0.1, -0.05) is 20.8 Å². The third kappa shape index (κ3) is 3.28. The van der Waals surface area contributed by atoms with Crippen molar-refractivity contribution in [2.45, 2.75) is 27.7 Å². The van der Waals surface area contributed by atoms with Crippen LogP contribution in [-0.4, -0.2) is 6.21 Å². The summed E-state index contributed by atoms with van der Waals surface area (Å²) in [4.78, 5) is 3.93. The third-order valence-electron chi connectivity index (χ3n) is 1.23. The molecule has 58 valence electrons. The Labute approximate surface area is 62.8 Å². The predicted molar refractivity (Wildman–Crippen MR) is 45.9 cm³/mol. The van der Waals surface area contributed by atoms with Gasteiger partial charge < -0.3 is 5.73 Å². The quantitative estimate of drug-likeness (QED) is 0.555. The summed E-state index contributed by atoms with van der Waals surface area (Å²) in [6, 6.07) is 0. The Morgan fingerprint density at radius 1 is 1.40 bits per heavy atom. The predicted octanol–water partition coefficient (Wildman–Crippen LogP) is 1.92. The fraction of sp³-hybridized carbons (Fsp3) is 0.625. The lowest BCUT2D eigenvalue weighted by Crippen LogP contribution is -2.16. The highest BCUT2D eigenvalue weighted by atomic mass is 14.7. The van der Waals surface area contributed by atoms with Crippen LogP contribution in [-0.2, 0) is 0 Å². The van der Waals surface area contributed by atoms with Gasteiger partial charge in [-0.15, -0.1) is 0 Å². The van der Waals surface area contributed by atoms with Crippen LogP contribution in [0.25, 0.3) is 0 Å². The van der Waals surface area contributed by atoms with E-state index < -0.39 is 0 Å². The lowest BCUT2D eigenvalue weighted by Gasteiger charge is -2.17. The molecular formula is C8H16N2. The van der Waals surface area contributed by atoms with Crippen LogP contribution in [0.15, 0.2) is 16.9 Å². The number of hydrogen-bond donors (Lipinski definition) is 1. The molecule has 0 amide bonds. The normalized spacial score (nSPS) is 14.6. The van der Waals surface area contributed by atoms with Crippen molar-refractivity contribution < 1.29 is 0 Å². The summed E-state index contributed by atoms with van der Waals surface area (Å²) in [5.74, 6) is 0. The molecule has 10 heavy (non-hydrogen) atoms. The maximum absolute atomic E-state index is 5.68. The van der Waals surface area contributed by atoms with E-state index in [1.54, 1.807) is 12.4 Å². The van der Waals surface area contributed by atoms with Crippen molar-refractivity contribution in [2.24, 2.45) is 16.1 Å². The molecule has 2 heteroatoms. The molecule has 2 nitrogen and oxygen atoms in total. The minimum Gasteiger partial charge on any atom is -0.400 e. The molecular weight excluding hydrogens is 124 g/mol. The first kappa shape index (κ1) is 9.21. The molecule has 0 aliphatic carbocycles. The zero-order valence-electron chi connectivity index (χ0n) is 7.18. The summed E-state index contributed by atoms with van der Waals surface area (Å²) in [5, 5.41) is 0. The largest absolute Gasteiger partial charge is 0.400 e. The van der Waals surface area contributed by atoms with E-state index in [9.17, 15) is 0 Å². The molecule has 0 aliphatic rings. The number of nitrogens with zero attached hydrogens (tertiary/aromatic N) is 1. The summed E-state index contributed by atoms with van der Waals surface area (Å²) in [6.07, 6.45) is 3.42. The van der Waals surface area contributed by atoms with Crippen LogP contribution in [0.1, 0.15) is 27.7 Å². The first-order valence-corrected chi connectivity index (χ1v) is 3.42. The Morgan fingerprint density at radius 3 is 2.20 bits per heavy atom. The van der Waals surface area contributed by atoms with Crippen molar-refractivity contribution in [3.05, 3.63) is 11.9 Å². The fourth-order valence-electron chi connectivity index (χ4n) is 0.348. The molecule has 0 heterocycles. The zero-order valence-corrected chi connectivity index (χ0v) is 7.18. The van der Waals surface area contributed by atoms with Crippen molar-refractivity contribution in [2.75, 3.05) is 0 Å². The highest BCUT2D eigenvalue weighted by molar-refractivity contribution is 5.54. The average Bonchev–Trinajstić information content (AvgIpc) is 1.80. The minimum absolute atomic E-state index is 0.0342. The first-order chi connectivity index (χ1) is 4.48. The van der Waals surface area contributed by atoms with Crippen LogP contribution in [0.2, 0.25) is 0 Å². The van der Waals surface area contributed by atoms with Gasteiger partial charge in [0.25, 0.3) is 0 Å². The van der Waals surface area contributed by atoms with Gasteiger partial charge in [0.15, 0.2) is 0 Å². The van der Waals surface area contributed by atoms with Crippen molar-refractivity contribution >= 4 is 6.21 Å². The topological polar surface area (TPSA) is 38.4 Å². The van der Waals surface area contributed by atoms with Crippen molar-refractivity contribution in [1.82, 2.24) is 0 Å². The third-order valence-corrected chi connectivity index (χ3v) is 1.23. The molecule has 0 radical (unpaired) electrons. The van der Waals surface area contributed by atoms with E-state index in [4.69, 9.17) is 5.73 Å². The Kier molecular flexibility index (Phi) is 3.13. The monoisotopic (exact) mass is 140 g/mol. The molecule has 0 fully saturated rings. The second kappa shape index (κ2) is 3.40. The zero-order chi connectivity index (χ0) is 8.20. The van der Waals surface area contributed by atoms with E-state index in [1.165, 1.54) is 0 Å². The number of nitrogens with two attached hydrogens (primary N) is 1. The number of rotatable bonds is 1. The Balaban J connectivity index is 4.20. The van der Waals surface area contributed by atoms with Crippen LogP contribution in [0.4, 0.5) is 0 Å². The van der Waals surface area contributed by atoms with Crippen LogP contribution in [0, 0.1) is 5.41 Å². The van der Waals surface area contributed by atoms with E-state index >= 15 is 0 Å². The molecule has 2 N–H and O–H groups in total. The van der Waals surface area contributed by atoms with Gasteiger partial charge in [-0.25, -0.2) is 0 Å². The highest BCUT2D eigenvalue weighted by Gasteiger charge is 2.12. The summed E-state index contributed by atoms with van der Waals surface area (Å²) < 4.78 is 0. The van der Waals surface area contributed by atoms with Gasteiger partial charge in [-0.3, -0.25) is 4.99 Å². The van der Waals surface area contributed by atoms with E-state index in [1.807, 2.05) is 6.92 Å². The van der Waals surface area contributed by atoms with Gasteiger partial charge in [0.2, 0.25) is 0 Å². The standard InChI is InChI=1S/C8H16N2/c1-5-10-6-7(9)8(2,3)4/h5-6H,9H2,1-4H3/b7-6-,10-5?. The molecule has 0 spiro atoms. The molecule has 0 rings (SSSR count). The van der Waals surface area contributed by atoms with E-state index in [0.29, 0.717) is 0 Å². The molecule has 0 unspecified atom stereocenters. The van der Waals surface area contributed by atoms with Crippen LogP contribution >= 0.6 is 0 Å². The van der Waals surface area contributed by atoms with Gasteiger partial charge in [0.05, 0.1) is 0 Å². The Hall–Kier alpha value is -0.790. The summed E-state index contributed by atoms with van der Waals surface area (Å²) in [5.41, 5.74) is 6.53. The maximum atomic E-state index is 5.68. The SMILES string of the molecule is CC=N/C=C(\N)C(C)(C)C. The van der Waals surface area contributed by atoms with Crippen molar-refractivity contribution in [3.63, 3.8) is 0 Å². The van der Waals surface area contributed by atoms with Gasteiger partial charge in [0, 0.05) is 23.5 Å². The number of aliphatic imine (C=N–C) groups is 1. The smallest absolute Gasteiger partial charge is 0.0456 e. The van der Waals surface area contributed by atoms with Gasteiger partial charge in [0.1, 0.15) is 0 Å². The number of allylic oxidation sites excluding steroid dienone is 1. The van der Waals surface area contributed by atoms with E-state index in [0.717, 1.165) is 5.70 Å².